The second-order valence-electron chi connectivity index (χ2n) is 9.56. The van der Waals surface area contributed by atoms with Crippen molar-refractivity contribution in [3.05, 3.63) is 83.9 Å². The second kappa shape index (κ2) is 12.1. The molecule has 2 N–H and O–H groups in total. The lowest BCUT2D eigenvalue weighted by Gasteiger charge is -2.30. The van der Waals surface area contributed by atoms with Crippen molar-refractivity contribution in [2.75, 3.05) is 7.11 Å². The Morgan fingerprint density at radius 1 is 0.925 bits per heavy atom. The van der Waals surface area contributed by atoms with Crippen LogP contribution in [0.5, 0.6) is 5.75 Å². The fraction of sp³-hybridized carbons (Fsp3) is 0.276. The largest absolute Gasteiger partial charge is 0.497 e. The van der Waals surface area contributed by atoms with Gasteiger partial charge in [-0.3, -0.25) is 24.4 Å². The van der Waals surface area contributed by atoms with Crippen LogP contribution in [0.25, 0.3) is 11.1 Å². The van der Waals surface area contributed by atoms with Crippen molar-refractivity contribution in [3.8, 4) is 16.9 Å². The number of rotatable bonds is 11. The van der Waals surface area contributed by atoms with Gasteiger partial charge in [-0.05, 0) is 62.1 Å². The molecule has 11 heteroatoms. The van der Waals surface area contributed by atoms with E-state index in [4.69, 9.17) is 9.57 Å². The van der Waals surface area contributed by atoms with E-state index in [1.165, 1.54) is 17.6 Å². The van der Waals surface area contributed by atoms with Crippen molar-refractivity contribution in [3.63, 3.8) is 0 Å². The molecule has 210 valence electrons. The SMILES string of the molecule is COc1ccc(-c2ccc(S(=O)(=O)N(OC(C)C)[C@H](CCC3C(=O)c4ccccc4C3=O)C(=O)NO)cc2)cc1. The van der Waals surface area contributed by atoms with E-state index in [2.05, 4.69) is 0 Å². The number of nitrogens with one attached hydrogen (secondary N) is 1. The Balaban J connectivity index is 1.61. The zero-order chi connectivity index (χ0) is 29.0. The second-order valence-corrected chi connectivity index (χ2v) is 11.3. The molecule has 1 aliphatic carbocycles. The van der Waals surface area contributed by atoms with Gasteiger partial charge in [0.1, 0.15) is 11.8 Å². The number of Topliss-reactive ketones (excluding diaryl/α,β-unsaturated/α-hetero) is 2. The number of benzene rings is 3. The van der Waals surface area contributed by atoms with E-state index < -0.39 is 45.6 Å². The van der Waals surface area contributed by atoms with Gasteiger partial charge < -0.3 is 4.74 Å². The first-order chi connectivity index (χ1) is 19.1. The number of hydrogen-bond acceptors (Lipinski definition) is 8. The maximum Gasteiger partial charge on any atom is 0.265 e. The van der Waals surface area contributed by atoms with E-state index in [0.29, 0.717) is 21.3 Å². The van der Waals surface area contributed by atoms with E-state index in [-0.39, 0.29) is 17.7 Å². The standard InChI is InChI=1S/C29H30N2O8S/c1-18(2)39-31(40(36,37)22-14-10-20(11-15-22)19-8-12-21(38-3)13-9-19)26(29(34)30-35)17-16-25-27(32)23-6-4-5-7-24(23)28(25)33/h4-15,18,25-26,35H,16-17H2,1-3H3,(H,30,34)/t26-/m1/s1. The summed E-state index contributed by atoms with van der Waals surface area (Å²) < 4.78 is 33.2. The van der Waals surface area contributed by atoms with E-state index in [1.807, 2.05) is 12.1 Å². The zero-order valence-corrected chi connectivity index (χ0v) is 23.1. The smallest absolute Gasteiger partial charge is 0.265 e. The topological polar surface area (TPSA) is 139 Å². The summed E-state index contributed by atoms with van der Waals surface area (Å²) in [6, 6.07) is 18.1. The highest BCUT2D eigenvalue weighted by molar-refractivity contribution is 7.89. The summed E-state index contributed by atoms with van der Waals surface area (Å²) in [6.45, 7) is 3.17. The number of carbonyl (C=O) groups excluding carboxylic acids is 3. The Hall–Kier alpha value is -3.90. The Bertz CT molecular complexity index is 1470. The molecule has 0 heterocycles. The molecule has 0 spiro atoms. The van der Waals surface area contributed by atoms with Crippen LogP contribution >= 0.6 is 0 Å². The number of nitrogens with zero attached hydrogens (tertiary/aromatic N) is 1. The maximum atomic E-state index is 13.8. The molecule has 0 saturated carbocycles. The molecule has 3 aromatic rings. The number of ether oxygens (including phenoxy) is 1. The molecule has 0 aromatic heterocycles. The summed E-state index contributed by atoms with van der Waals surface area (Å²) in [6.07, 6.45) is -1.06. The Morgan fingerprint density at radius 2 is 1.45 bits per heavy atom. The molecule has 0 unspecified atom stereocenters. The van der Waals surface area contributed by atoms with Crippen LogP contribution in [-0.4, -0.2) is 54.8 Å². The van der Waals surface area contributed by atoms with Gasteiger partial charge in [-0.15, -0.1) is 0 Å². The highest BCUT2D eigenvalue weighted by Crippen LogP contribution is 2.32. The van der Waals surface area contributed by atoms with Crippen molar-refractivity contribution < 1.29 is 37.6 Å². The van der Waals surface area contributed by atoms with Crippen LogP contribution in [0.4, 0.5) is 0 Å². The van der Waals surface area contributed by atoms with Gasteiger partial charge in [0.15, 0.2) is 11.6 Å². The van der Waals surface area contributed by atoms with Gasteiger partial charge in [-0.2, -0.15) is 0 Å². The molecule has 0 aliphatic heterocycles. The third kappa shape index (κ3) is 5.82. The quantitative estimate of drug-likeness (QED) is 0.201. The molecule has 4 rings (SSSR count). The number of sulfonamides is 1. The van der Waals surface area contributed by atoms with Crippen molar-refractivity contribution in [2.24, 2.45) is 5.92 Å². The Morgan fingerprint density at radius 3 is 1.93 bits per heavy atom. The summed E-state index contributed by atoms with van der Waals surface area (Å²) in [7, 11) is -2.88. The number of hydrogen-bond donors (Lipinski definition) is 2. The normalized spacial score (nSPS) is 14.4. The van der Waals surface area contributed by atoms with E-state index in [0.717, 1.165) is 11.1 Å². The summed E-state index contributed by atoms with van der Waals surface area (Å²) in [5.74, 6) is -2.23. The third-order valence-corrected chi connectivity index (χ3v) is 8.30. The summed E-state index contributed by atoms with van der Waals surface area (Å²) in [5.41, 5.74) is 3.66. The van der Waals surface area contributed by atoms with E-state index in [1.54, 1.807) is 69.5 Å². The first-order valence-corrected chi connectivity index (χ1v) is 14.1. The van der Waals surface area contributed by atoms with Crippen LogP contribution in [0.2, 0.25) is 0 Å². The average Bonchev–Trinajstić information content (AvgIpc) is 3.21. The average molecular weight is 567 g/mol. The van der Waals surface area contributed by atoms with Gasteiger partial charge in [0.2, 0.25) is 0 Å². The molecule has 0 fully saturated rings. The van der Waals surface area contributed by atoms with Crippen molar-refractivity contribution in [2.45, 2.75) is 43.7 Å². The highest BCUT2D eigenvalue weighted by atomic mass is 32.2. The lowest BCUT2D eigenvalue weighted by atomic mass is 9.95. The fourth-order valence-corrected chi connectivity index (χ4v) is 6.12. The predicted molar refractivity (Wildman–Crippen MR) is 145 cm³/mol. The van der Waals surface area contributed by atoms with Crippen LogP contribution in [0.15, 0.2) is 77.7 Å². The lowest BCUT2D eigenvalue weighted by Crippen LogP contribution is -2.50. The molecule has 0 radical (unpaired) electrons. The molecule has 1 aliphatic rings. The van der Waals surface area contributed by atoms with E-state index in [9.17, 15) is 28.0 Å². The van der Waals surface area contributed by atoms with Crippen LogP contribution in [0.3, 0.4) is 0 Å². The maximum absolute atomic E-state index is 13.8. The van der Waals surface area contributed by atoms with Crippen LogP contribution in [0, 0.1) is 5.92 Å². The van der Waals surface area contributed by atoms with Crippen molar-refractivity contribution >= 4 is 27.5 Å². The fourth-order valence-electron chi connectivity index (χ4n) is 4.61. The van der Waals surface area contributed by atoms with Crippen LogP contribution in [0.1, 0.15) is 47.4 Å². The molecule has 3 aromatic carbocycles. The molecule has 0 saturated heterocycles. The summed E-state index contributed by atoms with van der Waals surface area (Å²) in [5, 5.41) is 9.44. The Kier molecular flexibility index (Phi) is 8.79. The number of fused-ring (bicyclic) bond motifs is 1. The first-order valence-electron chi connectivity index (χ1n) is 12.7. The minimum Gasteiger partial charge on any atom is -0.497 e. The van der Waals surface area contributed by atoms with Gasteiger partial charge >= 0.3 is 0 Å². The first kappa shape index (κ1) is 29.1. The molecule has 40 heavy (non-hydrogen) atoms. The van der Waals surface area contributed by atoms with Gasteiger partial charge in [-0.25, -0.2) is 13.9 Å². The Labute approximate surface area is 232 Å². The van der Waals surface area contributed by atoms with Crippen LogP contribution < -0.4 is 10.2 Å². The van der Waals surface area contributed by atoms with E-state index >= 15 is 0 Å². The molecular formula is C29H30N2O8S. The summed E-state index contributed by atoms with van der Waals surface area (Å²) >= 11 is 0. The summed E-state index contributed by atoms with van der Waals surface area (Å²) in [4.78, 5) is 44.0. The monoisotopic (exact) mass is 566 g/mol. The molecule has 0 bridgehead atoms. The number of hydroxylamine groups is 2. The number of methoxy groups -OCH3 is 1. The molecule has 10 nitrogen and oxygen atoms in total. The van der Waals surface area contributed by atoms with Gasteiger partial charge in [-0.1, -0.05) is 53.0 Å². The number of ketones is 2. The molecule has 1 atom stereocenters. The molecule has 1 amide bonds. The number of carbonyl (C=O) groups is 3. The molecular weight excluding hydrogens is 536 g/mol. The zero-order valence-electron chi connectivity index (χ0n) is 22.2. The minimum absolute atomic E-state index is 0.131. The number of amides is 1. The van der Waals surface area contributed by atoms with Crippen LogP contribution in [-0.2, 0) is 19.7 Å². The van der Waals surface area contributed by atoms with Gasteiger partial charge in [0, 0.05) is 11.1 Å². The lowest BCUT2D eigenvalue weighted by molar-refractivity contribution is -0.167. The van der Waals surface area contributed by atoms with Gasteiger partial charge in [0.25, 0.3) is 15.9 Å². The minimum atomic E-state index is -4.44. The van der Waals surface area contributed by atoms with Gasteiger partial charge in [0.05, 0.1) is 24.0 Å². The predicted octanol–water partition coefficient (Wildman–Crippen LogP) is 4.04. The third-order valence-electron chi connectivity index (χ3n) is 6.61. The van der Waals surface area contributed by atoms with Crippen molar-refractivity contribution in [1.29, 1.82) is 0 Å². The van der Waals surface area contributed by atoms with Crippen molar-refractivity contribution in [1.82, 2.24) is 9.95 Å². The highest BCUT2D eigenvalue weighted by Gasteiger charge is 2.42.